The number of primary amides is 1. The quantitative estimate of drug-likeness (QED) is 0.851. The summed E-state index contributed by atoms with van der Waals surface area (Å²) in [7, 11) is 0. The number of carbonyl (C=O) groups is 2. The predicted octanol–water partition coefficient (Wildman–Crippen LogP) is 2.51. The van der Waals surface area contributed by atoms with Crippen molar-refractivity contribution in [3.63, 3.8) is 0 Å². The van der Waals surface area contributed by atoms with Crippen molar-refractivity contribution in [1.82, 2.24) is 0 Å². The molecule has 1 unspecified atom stereocenters. The summed E-state index contributed by atoms with van der Waals surface area (Å²) in [5.74, 6) is -1.95. The van der Waals surface area contributed by atoms with E-state index in [1.807, 2.05) is 54.6 Å². The van der Waals surface area contributed by atoms with Gasteiger partial charge in [-0.05, 0) is 16.7 Å². The third-order valence-corrected chi connectivity index (χ3v) is 3.15. The molecule has 2 aromatic carbocycles. The van der Waals surface area contributed by atoms with E-state index in [4.69, 9.17) is 5.73 Å². The maximum Gasteiger partial charge on any atom is 0.285 e. The zero-order valence-electron chi connectivity index (χ0n) is 10.7. The van der Waals surface area contributed by atoms with Crippen LogP contribution in [0, 0.1) is 0 Å². The van der Waals surface area contributed by atoms with Gasteiger partial charge in [-0.1, -0.05) is 61.5 Å². The van der Waals surface area contributed by atoms with Crippen LogP contribution >= 0.6 is 0 Å². The van der Waals surface area contributed by atoms with Crippen molar-refractivity contribution in [1.29, 1.82) is 0 Å². The molecule has 0 bridgehead atoms. The highest BCUT2D eigenvalue weighted by molar-refractivity contribution is 6.37. The molecular weight excluding hydrogens is 238 g/mol. The Morgan fingerprint density at radius 1 is 0.895 bits per heavy atom. The second-order valence-electron chi connectivity index (χ2n) is 4.44. The van der Waals surface area contributed by atoms with Gasteiger partial charge in [-0.15, -0.1) is 0 Å². The van der Waals surface area contributed by atoms with E-state index >= 15 is 0 Å². The topological polar surface area (TPSA) is 60.2 Å². The van der Waals surface area contributed by atoms with Crippen molar-refractivity contribution in [3.8, 4) is 11.1 Å². The van der Waals surface area contributed by atoms with Gasteiger partial charge in [0.1, 0.15) is 0 Å². The Labute approximate surface area is 112 Å². The van der Waals surface area contributed by atoms with Crippen molar-refractivity contribution in [2.45, 2.75) is 12.8 Å². The highest BCUT2D eigenvalue weighted by Gasteiger charge is 2.19. The van der Waals surface area contributed by atoms with Crippen LogP contribution in [-0.2, 0) is 9.59 Å². The Morgan fingerprint density at radius 2 is 1.42 bits per heavy atom. The average Bonchev–Trinajstić information content (AvgIpc) is 2.46. The maximum atomic E-state index is 11.5. The van der Waals surface area contributed by atoms with E-state index in [9.17, 15) is 9.59 Å². The van der Waals surface area contributed by atoms with E-state index in [1.165, 1.54) is 0 Å². The van der Waals surface area contributed by atoms with E-state index in [-0.39, 0.29) is 0 Å². The van der Waals surface area contributed by atoms with Crippen molar-refractivity contribution in [2.24, 2.45) is 5.73 Å². The largest absolute Gasteiger partial charge is 0.363 e. The molecule has 0 aliphatic rings. The van der Waals surface area contributed by atoms with Crippen LogP contribution in [0.2, 0.25) is 0 Å². The van der Waals surface area contributed by atoms with Gasteiger partial charge in [0.2, 0.25) is 5.78 Å². The van der Waals surface area contributed by atoms with Crippen LogP contribution in [0.3, 0.4) is 0 Å². The molecule has 0 saturated heterocycles. The molecule has 0 spiro atoms. The van der Waals surface area contributed by atoms with Gasteiger partial charge >= 0.3 is 0 Å². The summed E-state index contributed by atoms with van der Waals surface area (Å²) in [4.78, 5) is 22.4. The molecule has 0 saturated carbocycles. The number of rotatable bonds is 4. The first-order valence-electron chi connectivity index (χ1n) is 6.08. The molecule has 0 heterocycles. The molecular formula is C16H15NO2. The third kappa shape index (κ3) is 2.88. The molecule has 1 amide bonds. The molecule has 96 valence electrons. The fourth-order valence-corrected chi connectivity index (χ4v) is 1.96. The minimum Gasteiger partial charge on any atom is -0.363 e. The zero-order chi connectivity index (χ0) is 13.8. The lowest BCUT2D eigenvalue weighted by Gasteiger charge is -2.09. The Hall–Kier alpha value is -2.42. The summed E-state index contributed by atoms with van der Waals surface area (Å²) >= 11 is 0. The lowest BCUT2D eigenvalue weighted by molar-refractivity contribution is -0.136. The summed E-state index contributed by atoms with van der Waals surface area (Å²) < 4.78 is 0. The van der Waals surface area contributed by atoms with Gasteiger partial charge in [0.15, 0.2) is 0 Å². The summed E-state index contributed by atoms with van der Waals surface area (Å²) in [6, 6.07) is 17.5. The van der Waals surface area contributed by atoms with Crippen LogP contribution in [0.15, 0.2) is 54.6 Å². The van der Waals surface area contributed by atoms with Crippen LogP contribution in [0.4, 0.5) is 0 Å². The zero-order valence-corrected chi connectivity index (χ0v) is 10.7. The summed E-state index contributed by atoms with van der Waals surface area (Å²) in [6.45, 7) is 1.69. The second-order valence-corrected chi connectivity index (χ2v) is 4.44. The Bertz CT molecular complexity index is 588. The van der Waals surface area contributed by atoms with Crippen LogP contribution in [-0.4, -0.2) is 11.7 Å². The van der Waals surface area contributed by atoms with Crippen LogP contribution in [0.5, 0.6) is 0 Å². The Kier molecular flexibility index (Phi) is 3.76. The minimum absolute atomic E-state index is 0.498. The van der Waals surface area contributed by atoms with Crippen LogP contribution < -0.4 is 5.73 Å². The van der Waals surface area contributed by atoms with E-state index in [2.05, 4.69) is 0 Å². The molecule has 0 aliphatic heterocycles. The van der Waals surface area contributed by atoms with E-state index < -0.39 is 17.6 Å². The van der Waals surface area contributed by atoms with Crippen molar-refractivity contribution < 1.29 is 9.59 Å². The summed E-state index contributed by atoms with van der Waals surface area (Å²) in [6.07, 6.45) is 0. The number of amides is 1. The highest BCUT2D eigenvalue weighted by atomic mass is 16.2. The molecule has 1 atom stereocenters. The number of benzene rings is 2. The fraction of sp³-hybridized carbons (Fsp3) is 0.125. The standard InChI is InChI=1S/C16H15NO2/c1-11(15(18)16(17)19)12-7-9-14(10-8-12)13-5-3-2-4-6-13/h2-11H,1H3,(H2,17,19). The molecule has 0 aliphatic carbocycles. The number of hydrogen-bond donors (Lipinski definition) is 1. The summed E-state index contributed by atoms with van der Waals surface area (Å²) in [5.41, 5.74) is 7.99. The molecule has 3 nitrogen and oxygen atoms in total. The first kappa shape index (κ1) is 13.0. The predicted molar refractivity (Wildman–Crippen MR) is 74.5 cm³/mol. The average molecular weight is 253 g/mol. The molecule has 19 heavy (non-hydrogen) atoms. The SMILES string of the molecule is CC(C(=O)C(N)=O)c1ccc(-c2ccccc2)cc1. The van der Waals surface area contributed by atoms with Gasteiger partial charge < -0.3 is 5.73 Å². The van der Waals surface area contributed by atoms with Crippen molar-refractivity contribution >= 4 is 11.7 Å². The maximum absolute atomic E-state index is 11.5. The van der Waals surface area contributed by atoms with Gasteiger partial charge in [0.05, 0.1) is 0 Å². The van der Waals surface area contributed by atoms with Crippen LogP contribution in [0.1, 0.15) is 18.4 Å². The number of carbonyl (C=O) groups excluding carboxylic acids is 2. The van der Waals surface area contributed by atoms with Crippen molar-refractivity contribution in [2.75, 3.05) is 0 Å². The van der Waals surface area contributed by atoms with Gasteiger partial charge in [-0.2, -0.15) is 0 Å². The van der Waals surface area contributed by atoms with Gasteiger partial charge in [-0.3, -0.25) is 9.59 Å². The molecule has 3 heteroatoms. The molecule has 2 aromatic rings. The van der Waals surface area contributed by atoms with E-state index in [0.717, 1.165) is 16.7 Å². The molecule has 0 radical (unpaired) electrons. The number of Topliss-reactive ketones (excluding diaryl/α,β-unsaturated/α-hetero) is 1. The number of nitrogens with two attached hydrogens (primary N) is 1. The number of ketones is 1. The minimum atomic E-state index is -0.889. The normalized spacial score (nSPS) is 11.8. The first-order valence-corrected chi connectivity index (χ1v) is 6.08. The van der Waals surface area contributed by atoms with Gasteiger partial charge in [-0.25, -0.2) is 0 Å². The lowest BCUT2D eigenvalue weighted by Crippen LogP contribution is -2.27. The highest BCUT2D eigenvalue weighted by Crippen LogP contribution is 2.23. The van der Waals surface area contributed by atoms with Gasteiger partial charge in [0.25, 0.3) is 5.91 Å². The lowest BCUT2D eigenvalue weighted by atomic mass is 9.94. The second kappa shape index (κ2) is 5.48. The molecule has 2 N–H and O–H groups in total. The van der Waals surface area contributed by atoms with E-state index in [0.29, 0.717) is 0 Å². The number of hydrogen-bond acceptors (Lipinski definition) is 2. The Balaban J connectivity index is 2.24. The summed E-state index contributed by atoms with van der Waals surface area (Å²) in [5, 5.41) is 0. The monoisotopic (exact) mass is 253 g/mol. The smallest absolute Gasteiger partial charge is 0.285 e. The van der Waals surface area contributed by atoms with E-state index in [1.54, 1.807) is 6.92 Å². The molecule has 0 fully saturated rings. The van der Waals surface area contributed by atoms with Crippen LogP contribution in [0.25, 0.3) is 11.1 Å². The van der Waals surface area contributed by atoms with Gasteiger partial charge in [0, 0.05) is 5.92 Å². The molecule has 2 rings (SSSR count). The molecule has 0 aromatic heterocycles. The Morgan fingerprint density at radius 3 is 1.95 bits per heavy atom. The third-order valence-electron chi connectivity index (χ3n) is 3.15. The first-order chi connectivity index (χ1) is 9.09. The van der Waals surface area contributed by atoms with Crippen molar-refractivity contribution in [3.05, 3.63) is 60.2 Å². The fourth-order valence-electron chi connectivity index (χ4n) is 1.96.